The molecule has 2 N–H and O–H groups in total. The zero-order valence-electron chi connectivity index (χ0n) is 10.7. The summed E-state index contributed by atoms with van der Waals surface area (Å²) in [5, 5.41) is 0. The van der Waals surface area contributed by atoms with E-state index in [1.54, 1.807) is 0 Å². The van der Waals surface area contributed by atoms with Gasteiger partial charge in [0.15, 0.2) is 0 Å². The molecule has 9 heteroatoms. The average molecular weight is 315 g/mol. The molecule has 0 saturated carbocycles. The van der Waals surface area contributed by atoms with Crippen molar-refractivity contribution < 1.29 is 35.9 Å². The molecule has 0 aromatic heterocycles. The Labute approximate surface area is 115 Å². The maximum absolute atomic E-state index is 13.6. The molecule has 3 nitrogen and oxygen atoms in total. The van der Waals surface area contributed by atoms with Crippen molar-refractivity contribution in [2.45, 2.75) is 25.1 Å². The average Bonchev–Trinajstić information content (AvgIpc) is 2.37. The molecule has 0 bridgehead atoms. The maximum Gasteiger partial charge on any atom is 0.416 e. The first kappa shape index (κ1) is 17.3. The van der Waals surface area contributed by atoms with Gasteiger partial charge >= 0.3 is 18.1 Å². The van der Waals surface area contributed by atoms with E-state index in [1.165, 1.54) is 6.92 Å². The summed E-state index contributed by atoms with van der Waals surface area (Å²) in [5.41, 5.74) is 2.58. The van der Waals surface area contributed by atoms with Crippen LogP contribution in [0.5, 0.6) is 0 Å². The second-order valence-electron chi connectivity index (χ2n) is 4.06. The molecule has 21 heavy (non-hydrogen) atoms. The lowest BCUT2D eigenvalue weighted by Gasteiger charge is -2.23. The Morgan fingerprint density at radius 2 is 1.86 bits per heavy atom. The molecular formula is C12H11F6NO2. The lowest BCUT2D eigenvalue weighted by atomic mass is 9.98. The molecular weight excluding hydrogens is 304 g/mol. The van der Waals surface area contributed by atoms with Crippen LogP contribution < -0.4 is 5.73 Å². The molecule has 1 aromatic rings. The molecule has 0 aliphatic heterocycles. The van der Waals surface area contributed by atoms with Crippen molar-refractivity contribution in [2.75, 3.05) is 6.61 Å². The molecule has 0 spiro atoms. The number of alkyl halides is 5. The van der Waals surface area contributed by atoms with Crippen LogP contribution in [0.15, 0.2) is 18.2 Å². The van der Waals surface area contributed by atoms with Gasteiger partial charge in [-0.05, 0) is 25.1 Å². The lowest BCUT2D eigenvalue weighted by Crippen LogP contribution is -2.42. The maximum atomic E-state index is 13.6. The molecule has 0 unspecified atom stereocenters. The third kappa shape index (κ3) is 3.66. The van der Waals surface area contributed by atoms with Crippen LogP contribution in [-0.2, 0) is 15.7 Å². The topological polar surface area (TPSA) is 52.3 Å². The highest BCUT2D eigenvalue weighted by molar-refractivity contribution is 5.78. The first-order valence-electron chi connectivity index (χ1n) is 5.69. The van der Waals surface area contributed by atoms with E-state index in [4.69, 9.17) is 5.73 Å². The number of ether oxygens (including phenoxy) is 1. The molecule has 1 atom stereocenters. The number of halogens is 6. The SMILES string of the molecule is CCOC(=O)C(F)(F)[C@H](N)c1cc(C(F)(F)F)ccc1F. The highest BCUT2D eigenvalue weighted by Crippen LogP contribution is 2.36. The molecule has 0 aliphatic carbocycles. The van der Waals surface area contributed by atoms with Gasteiger partial charge in [0.25, 0.3) is 0 Å². The fourth-order valence-corrected chi connectivity index (χ4v) is 1.51. The van der Waals surface area contributed by atoms with Crippen LogP contribution in [0.3, 0.4) is 0 Å². The summed E-state index contributed by atoms with van der Waals surface area (Å²) in [6, 6.07) is -1.71. The summed E-state index contributed by atoms with van der Waals surface area (Å²) in [7, 11) is 0. The van der Waals surface area contributed by atoms with E-state index in [2.05, 4.69) is 4.74 Å². The summed E-state index contributed by atoms with van der Waals surface area (Å²) in [5.74, 6) is -7.77. The van der Waals surface area contributed by atoms with Gasteiger partial charge in [0.2, 0.25) is 0 Å². The Kier molecular flexibility index (Phi) is 4.87. The van der Waals surface area contributed by atoms with E-state index in [-0.39, 0.29) is 12.7 Å². The van der Waals surface area contributed by atoms with Crippen LogP contribution >= 0.6 is 0 Å². The van der Waals surface area contributed by atoms with Crippen LogP contribution in [0.4, 0.5) is 26.3 Å². The van der Waals surface area contributed by atoms with Crippen molar-refractivity contribution in [1.82, 2.24) is 0 Å². The normalized spacial score (nSPS) is 13.9. The molecule has 0 aliphatic rings. The Balaban J connectivity index is 3.23. The van der Waals surface area contributed by atoms with Crippen molar-refractivity contribution in [1.29, 1.82) is 0 Å². The second-order valence-corrected chi connectivity index (χ2v) is 4.06. The minimum absolute atomic E-state index is 0.146. The van der Waals surface area contributed by atoms with Crippen molar-refractivity contribution in [3.8, 4) is 0 Å². The molecule has 0 saturated heterocycles. The monoisotopic (exact) mass is 315 g/mol. The van der Waals surface area contributed by atoms with Gasteiger partial charge in [-0.15, -0.1) is 0 Å². The quantitative estimate of drug-likeness (QED) is 0.686. The summed E-state index contributed by atoms with van der Waals surface area (Å²) < 4.78 is 82.3. The minimum atomic E-state index is -4.86. The van der Waals surface area contributed by atoms with Crippen molar-refractivity contribution in [2.24, 2.45) is 5.73 Å². The molecule has 0 fully saturated rings. The van der Waals surface area contributed by atoms with E-state index < -0.39 is 41.1 Å². The van der Waals surface area contributed by atoms with Gasteiger partial charge in [-0.25, -0.2) is 9.18 Å². The third-order valence-electron chi connectivity index (χ3n) is 2.60. The van der Waals surface area contributed by atoms with E-state index in [9.17, 15) is 31.1 Å². The van der Waals surface area contributed by atoms with Gasteiger partial charge in [0.1, 0.15) is 11.9 Å². The first-order chi connectivity index (χ1) is 9.51. The largest absolute Gasteiger partial charge is 0.462 e. The molecule has 0 heterocycles. The van der Waals surface area contributed by atoms with E-state index >= 15 is 0 Å². The fourth-order valence-electron chi connectivity index (χ4n) is 1.51. The number of carbonyl (C=O) groups is 1. The Morgan fingerprint density at radius 3 is 2.33 bits per heavy atom. The van der Waals surface area contributed by atoms with E-state index in [0.29, 0.717) is 12.1 Å². The molecule has 118 valence electrons. The van der Waals surface area contributed by atoms with Crippen LogP contribution in [0.1, 0.15) is 24.1 Å². The summed E-state index contributed by atoms with van der Waals surface area (Å²) >= 11 is 0. The van der Waals surface area contributed by atoms with Gasteiger partial charge in [0.05, 0.1) is 12.2 Å². The summed E-state index contributed by atoms with van der Waals surface area (Å²) in [6.07, 6.45) is -4.86. The molecule has 1 aromatic carbocycles. The van der Waals surface area contributed by atoms with Gasteiger partial charge in [-0.1, -0.05) is 0 Å². The predicted molar refractivity (Wildman–Crippen MR) is 59.9 cm³/mol. The minimum Gasteiger partial charge on any atom is -0.462 e. The summed E-state index contributed by atoms with van der Waals surface area (Å²) in [6.45, 7) is 0.872. The number of carbonyl (C=O) groups excluding carboxylic acids is 1. The van der Waals surface area contributed by atoms with Crippen LogP contribution in [-0.4, -0.2) is 18.5 Å². The van der Waals surface area contributed by atoms with Crippen LogP contribution in [0.2, 0.25) is 0 Å². The number of hydrogen-bond acceptors (Lipinski definition) is 3. The van der Waals surface area contributed by atoms with Crippen molar-refractivity contribution in [3.05, 3.63) is 35.1 Å². The molecule has 0 radical (unpaired) electrons. The van der Waals surface area contributed by atoms with E-state index in [1.807, 2.05) is 0 Å². The number of hydrogen-bond donors (Lipinski definition) is 1. The fraction of sp³-hybridized carbons (Fsp3) is 0.417. The predicted octanol–water partition coefficient (Wildman–Crippen LogP) is 3.04. The molecule has 0 amide bonds. The Hall–Kier alpha value is -1.77. The van der Waals surface area contributed by atoms with Gasteiger partial charge in [-0.2, -0.15) is 22.0 Å². The highest BCUT2D eigenvalue weighted by Gasteiger charge is 2.49. The van der Waals surface area contributed by atoms with Crippen molar-refractivity contribution in [3.63, 3.8) is 0 Å². The van der Waals surface area contributed by atoms with Crippen molar-refractivity contribution >= 4 is 5.97 Å². The second kappa shape index (κ2) is 5.92. The number of nitrogens with two attached hydrogens (primary N) is 1. The van der Waals surface area contributed by atoms with Gasteiger partial charge < -0.3 is 10.5 Å². The third-order valence-corrected chi connectivity index (χ3v) is 2.60. The van der Waals surface area contributed by atoms with Crippen LogP contribution in [0, 0.1) is 5.82 Å². The highest BCUT2D eigenvalue weighted by atomic mass is 19.4. The summed E-state index contributed by atoms with van der Waals surface area (Å²) in [4.78, 5) is 11.1. The Morgan fingerprint density at radius 1 is 1.29 bits per heavy atom. The number of rotatable bonds is 4. The zero-order chi connectivity index (χ0) is 16.4. The van der Waals surface area contributed by atoms with Crippen LogP contribution in [0.25, 0.3) is 0 Å². The first-order valence-corrected chi connectivity index (χ1v) is 5.69. The smallest absolute Gasteiger partial charge is 0.416 e. The number of esters is 1. The van der Waals surface area contributed by atoms with Gasteiger partial charge in [-0.3, -0.25) is 0 Å². The van der Waals surface area contributed by atoms with E-state index in [0.717, 1.165) is 0 Å². The van der Waals surface area contributed by atoms with Gasteiger partial charge in [0, 0.05) is 5.56 Å². The lowest BCUT2D eigenvalue weighted by molar-refractivity contribution is -0.174. The standard InChI is InChI=1S/C12H11F6NO2/c1-2-21-10(20)11(14,15)9(19)7-5-6(12(16,17)18)3-4-8(7)13/h3-5,9H,2,19H2,1H3/t9-/m1/s1. The molecule has 1 rings (SSSR count). The number of benzene rings is 1. The zero-order valence-corrected chi connectivity index (χ0v) is 10.7. The Bertz CT molecular complexity index is 529.